The minimum absolute atomic E-state index is 0.0115. The van der Waals surface area contributed by atoms with Gasteiger partial charge in [-0.1, -0.05) is 0 Å². The summed E-state index contributed by atoms with van der Waals surface area (Å²) in [5, 5.41) is 42.4. The van der Waals surface area contributed by atoms with Gasteiger partial charge in [0, 0.05) is 5.56 Å². The van der Waals surface area contributed by atoms with Crippen LogP contribution in [0.5, 0.6) is 17.2 Å². The molecule has 5 N–H and O–H groups in total. The number of aliphatic hydroxyl groups excluding tert-OH is 3. The van der Waals surface area contributed by atoms with Crippen LogP contribution < -0.4 is 14.8 Å². The number of aromatic hydroxyl groups is 1. The van der Waals surface area contributed by atoms with Crippen molar-refractivity contribution in [2.75, 3.05) is 6.79 Å². The van der Waals surface area contributed by atoms with Gasteiger partial charge in [-0.25, -0.2) is 0 Å². The number of ether oxygens (including phenoxy) is 2. The summed E-state index contributed by atoms with van der Waals surface area (Å²) in [5.41, 5.74) is 0.733. The Labute approximate surface area is 124 Å². The molecule has 0 aromatic heterocycles. The summed E-state index contributed by atoms with van der Waals surface area (Å²) in [6.45, 7) is -0.0696. The predicted octanol–water partition coefficient (Wildman–Crippen LogP) is -1.29. The number of nitrogens with one attached hydrogen (secondary N) is 1. The van der Waals surface area contributed by atoms with E-state index >= 15 is 0 Å². The van der Waals surface area contributed by atoms with Gasteiger partial charge in [0.2, 0.25) is 12.5 Å². The summed E-state index contributed by atoms with van der Waals surface area (Å²) in [6.07, 6.45) is -2.70. The highest BCUT2D eigenvalue weighted by Crippen LogP contribution is 2.48. The van der Waals surface area contributed by atoms with E-state index in [1.807, 2.05) is 0 Å². The molecule has 1 aromatic rings. The first-order valence-electron chi connectivity index (χ1n) is 6.71. The zero-order chi connectivity index (χ0) is 15.6. The fraction of sp³-hybridized carbons (Fsp3) is 0.357. The van der Waals surface area contributed by atoms with Crippen molar-refractivity contribution in [3.8, 4) is 17.2 Å². The fourth-order valence-electron chi connectivity index (χ4n) is 3.09. The summed E-state index contributed by atoms with van der Waals surface area (Å²) in [5.74, 6) is -0.585. The average Bonchev–Trinajstić information content (AvgIpc) is 2.95. The summed E-state index contributed by atoms with van der Waals surface area (Å²) in [4.78, 5) is 12.2. The van der Waals surface area contributed by atoms with Gasteiger partial charge >= 0.3 is 0 Å². The van der Waals surface area contributed by atoms with Gasteiger partial charge in [0.25, 0.3) is 5.91 Å². The molecule has 8 heteroatoms. The number of fused-ring (bicyclic) bond motifs is 4. The van der Waals surface area contributed by atoms with Crippen LogP contribution >= 0.6 is 0 Å². The number of rotatable bonds is 0. The van der Waals surface area contributed by atoms with Crippen molar-refractivity contribution in [2.45, 2.75) is 24.4 Å². The summed E-state index contributed by atoms with van der Waals surface area (Å²) >= 11 is 0. The van der Waals surface area contributed by atoms with Crippen LogP contribution in [0, 0.1) is 0 Å². The molecule has 2 aliphatic heterocycles. The third-order valence-corrected chi connectivity index (χ3v) is 4.19. The van der Waals surface area contributed by atoms with Crippen molar-refractivity contribution >= 4 is 11.5 Å². The smallest absolute Gasteiger partial charge is 0.256 e. The van der Waals surface area contributed by atoms with E-state index in [0.717, 1.165) is 0 Å². The van der Waals surface area contributed by atoms with Crippen LogP contribution in [-0.4, -0.2) is 57.5 Å². The van der Waals surface area contributed by atoms with Crippen molar-refractivity contribution < 1.29 is 34.7 Å². The lowest BCUT2D eigenvalue weighted by atomic mass is 9.79. The number of phenols is 1. The van der Waals surface area contributed by atoms with Crippen LogP contribution in [0.15, 0.2) is 12.1 Å². The molecule has 0 spiro atoms. The minimum atomic E-state index is -1.40. The van der Waals surface area contributed by atoms with Crippen molar-refractivity contribution in [1.29, 1.82) is 0 Å². The topological polar surface area (TPSA) is 128 Å². The predicted molar refractivity (Wildman–Crippen MR) is 71.5 cm³/mol. The highest BCUT2D eigenvalue weighted by molar-refractivity contribution is 6.07. The Morgan fingerprint density at radius 2 is 1.95 bits per heavy atom. The molecule has 1 aromatic carbocycles. The van der Waals surface area contributed by atoms with Crippen LogP contribution in [0.1, 0.15) is 15.9 Å². The van der Waals surface area contributed by atoms with Crippen LogP contribution in [0.4, 0.5) is 0 Å². The number of benzene rings is 1. The molecule has 3 aliphatic rings. The lowest BCUT2D eigenvalue weighted by Gasteiger charge is -2.39. The van der Waals surface area contributed by atoms with Gasteiger partial charge in [-0.15, -0.1) is 0 Å². The SMILES string of the molecule is O=C1N[C@H]2C(=C[C@H](O)[C@H](O)[C@@H]2O)c2cc3c(c(O)c21)OCO3. The molecular weight excluding hydrogens is 294 g/mol. The quantitative estimate of drug-likeness (QED) is 0.403. The summed E-state index contributed by atoms with van der Waals surface area (Å²) in [7, 11) is 0. The van der Waals surface area contributed by atoms with Crippen LogP contribution in [0.2, 0.25) is 0 Å². The van der Waals surface area contributed by atoms with E-state index in [0.29, 0.717) is 11.1 Å². The normalized spacial score (nSPS) is 32.0. The Hall–Kier alpha value is -2.29. The molecule has 0 saturated carbocycles. The second-order valence-electron chi connectivity index (χ2n) is 5.43. The maximum atomic E-state index is 12.2. The molecule has 0 radical (unpaired) electrons. The van der Waals surface area contributed by atoms with E-state index < -0.39 is 30.3 Å². The number of hydrogen-bond donors (Lipinski definition) is 5. The molecule has 116 valence electrons. The maximum absolute atomic E-state index is 12.2. The molecule has 4 rings (SSSR count). The number of carbonyl (C=O) groups excluding carboxylic acids is 1. The first-order chi connectivity index (χ1) is 10.5. The molecule has 0 unspecified atom stereocenters. The van der Waals surface area contributed by atoms with Gasteiger partial charge in [-0.3, -0.25) is 4.79 Å². The Balaban J connectivity index is 1.95. The molecular formula is C14H13NO7. The molecule has 0 bridgehead atoms. The van der Waals surface area contributed by atoms with Crippen LogP contribution in [-0.2, 0) is 0 Å². The molecule has 0 saturated heterocycles. The number of amides is 1. The second-order valence-corrected chi connectivity index (χ2v) is 5.43. The van der Waals surface area contributed by atoms with E-state index in [4.69, 9.17) is 9.47 Å². The highest BCUT2D eigenvalue weighted by Gasteiger charge is 2.44. The molecule has 1 aliphatic carbocycles. The van der Waals surface area contributed by atoms with E-state index in [-0.39, 0.29) is 29.6 Å². The van der Waals surface area contributed by atoms with E-state index in [2.05, 4.69) is 5.32 Å². The van der Waals surface area contributed by atoms with E-state index in [9.17, 15) is 25.2 Å². The molecule has 2 heterocycles. The highest BCUT2D eigenvalue weighted by atomic mass is 16.7. The van der Waals surface area contributed by atoms with Gasteiger partial charge in [-0.2, -0.15) is 0 Å². The second kappa shape index (κ2) is 4.35. The Morgan fingerprint density at radius 3 is 2.73 bits per heavy atom. The number of aliphatic hydroxyl groups is 3. The van der Waals surface area contributed by atoms with Crippen molar-refractivity contribution in [3.63, 3.8) is 0 Å². The Morgan fingerprint density at radius 1 is 1.18 bits per heavy atom. The van der Waals surface area contributed by atoms with Gasteiger partial charge in [0.05, 0.1) is 11.6 Å². The minimum Gasteiger partial charge on any atom is -0.504 e. The first kappa shape index (κ1) is 13.4. The average molecular weight is 307 g/mol. The third-order valence-electron chi connectivity index (χ3n) is 4.19. The molecule has 1 amide bonds. The lowest BCUT2D eigenvalue weighted by molar-refractivity contribution is -0.0535. The van der Waals surface area contributed by atoms with Crippen LogP contribution in [0.3, 0.4) is 0 Å². The van der Waals surface area contributed by atoms with Crippen molar-refractivity contribution in [3.05, 3.63) is 23.3 Å². The fourth-order valence-corrected chi connectivity index (χ4v) is 3.09. The molecule has 0 fully saturated rings. The van der Waals surface area contributed by atoms with Gasteiger partial charge < -0.3 is 35.2 Å². The number of carbonyl (C=O) groups is 1. The molecule has 8 nitrogen and oxygen atoms in total. The van der Waals surface area contributed by atoms with Gasteiger partial charge in [0.1, 0.15) is 18.3 Å². The third kappa shape index (κ3) is 1.59. The number of phenolic OH excluding ortho intramolecular Hbond substituents is 1. The van der Waals surface area contributed by atoms with Crippen molar-refractivity contribution in [2.24, 2.45) is 0 Å². The first-order valence-corrected chi connectivity index (χ1v) is 6.71. The summed E-state index contributed by atoms with van der Waals surface area (Å²) < 4.78 is 10.3. The van der Waals surface area contributed by atoms with E-state index in [1.54, 1.807) is 0 Å². The molecule has 22 heavy (non-hydrogen) atoms. The standard InChI is InChI=1S/C14H13NO7/c16-6-1-5-4-2-7-13(22-3-21-7)11(18)8(4)14(20)15-9(5)12(19)10(6)17/h1-2,6,9-10,12,16-19H,3H2,(H,15,20)/t6-,9-,10-,12+/m0/s1. The largest absolute Gasteiger partial charge is 0.504 e. The number of hydrogen-bond acceptors (Lipinski definition) is 7. The van der Waals surface area contributed by atoms with Gasteiger partial charge in [0.15, 0.2) is 11.5 Å². The van der Waals surface area contributed by atoms with Gasteiger partial charge in [-0.05, 0) is 17.7 Å². The van der Waals surface area contributed by atoms with Crippen molar-refractivity contribution in [1.82, 2.24) is 5.32 Å². The van der Waals surface area contributed by atoms with E-state index in [1.165, 1.54) is 12.1 Å². The summed E-state index contributed by atoms with van der Waals surface area (Å²) in [6, 6.07) is 0.643. The van der Waals surface area contributed by atoms with Crippen LogP contribution in [0.25, 0.3) is 5.57 Å². The monoisotopic (exact) mass is 307 g/mol. The lowest BCUT2D eigenvalue weighted by Crippen LogP contribution is -2.57. The molecule has 4 atom stereocenters. The Bertz CT molecular complexity index is 714. The maximum Gasteiger partial charge on any atom is 0.256 e. The zero-order valence-electron chi connectivity index (χ0n) is 11.2. The Kier molecular flexibility index (Phi) is 2.65. The zero-order valence-corrected chi connectivity index (χ0v) is 11.2.